The lowest BCUT2D eigenvalue weighted by atomic mass is 9.95. The summed E-state index contributed by atoms with van der Waals surface area (Å²) in [5, 5.41) is 3.24. The molecule has 5 rings (SSSR count). The monoisotopic (exact) mass is 453 g/mol. The number of morpholine rings is 1. The van der Waals surface area contributed by atoms with Crippen molar-refractivity contribution in [3.05, 3.63) is 52.7 Å². The van der Waals surface area contributed by atoms with Gasteiger partial charge in [-0.1, -0.05) is 31.4 Å². The lowest BCUT2D eigenvalue weighted by molar-refractivity contribution is 0.122. The van der Waals surface area contributed by atoms with E-state index in [9.17, 15) is 9.18 Å². The first kappa shape index (κ1) is 22.1. The molecule has 2 aromatic rings. The number of nitrogens with one attached hydrogen (secondary N) is 1. The van der Waals surface area contributed by atoms with Crippen molar-refractivity contribution in [3.63, 3.8) is 0 Å². The Kier molecular flexibility index (Phi) is 6.71. The summed E-state index contributed by atoms with van der Waals surface area (Å²) in [5.41, 5.74) is 2.89. The van der Waals surface area contributed by atoms with Crippen LogP contribution in [-0.4, -0.2) is 59.8 Å². The van der Waals surface area contributed by atoms with E-state index in [2.05, 4.69) is 10.2 Å². The van der Waals surface area contributed by atoms with Crippen molar-refractivity contribution in [1.82, 2.24) is 20.2 Å². The Morgan fingerprint density at radius 3 is 2.73 bits per heavy atom. The number of aromatic nitrogens is 2. The summed E-state index contributed by atoms with van der Waals surface area (Å²) in [6, 6.07) is 6.91. The van der Waals surface area contributed by atoms with E-state index >= 15 is 0 Å². The molecule has 0 unspecified atom stereocenters. The molecule has 0 radical (unpaired) electrons. The number of anilines is 1. The van der Waals surface area contributed by atoms with Gasteiger partial charge in [-0.2, -0.15) is 0 Å². The maximum Gasteiger partial charge on any atom is 0.317 e. The van der Waals surface area contributed by atoms with Crippen molar-refractivity contribution in [3.8, 4) is 0 Å². The molecule has 0 atom stereocenters. The lowest BCUT2D eigenvalue weighted by Crippen LogP contribution is -2.48. The van der Waals surface area contributed by atoms with Crippen LogP contribution in [0.3, 0.4) is 0 Å². The Balaban J connectivity index is 1.39. The summed E-state index contributed by atoms with van der Waals surface area (Å²) < 4.78 is 19.2. The third kappa shape index (κ3) is 5.27. The van der Waals surface area contributed by atoms with E-state index in [1.807, 2.05) is 11.0 Å². The number of fused-ring (bicyclic) bond motifs is 1. The maximum atomic E-state index is 13.7. The van der Waals surface area contributed by atoms with E-state index in [0.29, 0.717) is 45.0 Å². The standard InChI is InChI=1S/C25H32FN5O2/c26-19-6-4-5-18(15-19)16-23-28-22-9-10-31(25(32)27-20-7-2-1-3-8-20)17-21(22)24(29-23)30-11-13-33-14-12-30/h4-6,15,20H,1-3,7-14,16-17H2,(H,27,32). The smallest absolute Gasteiger partial charge is 0.317 e. The molecule has 1 N–H and O–H groups in total. The fraction of sp³-hybridized carbons (Fsp3) is 0.560. The Morgan fingerprint density at radius 2 is 1.94 bits per heavy atom. The topological polar surface area (TPSA) is 70.6 Å². The number of nitrogens with zero attached hydrogens (tertiary/aromatic N) is 4. The largest absolute Gasteiger partial charge is 0.378 e. The maximum absolute atomic E-state index is 13.7. The van der Waals surface area contributed by atoms with Gasteiger partial charge in [-0.25, -0.2) is 19.2 Å². The predicted octanol–water partition coefficient (Wildman–Crippen LogP) is 3.44. The molecule has 2 amide bonds. The third-order valence-electron chi connectivity index (χ3n) is 6.87. The summed E-state index contributed by atoms with van der Waals surface area (Å²) in [6.45, 7) is 3.99. The fourth-order valence-corrected chi connectivity index (χ4v) is 5.08. The highest BCUT2D eigenvalue weighted by Gasteiger charge is 2.29. The van der Waals surface area contributed by atoms with Crippen molar-refractivity contribution >= 4 is 11.8 Å². The van der Waals surface area contributed by atoms with Crippen molar-refractivity contribution in [2.75, 3.05) is 37.7 Å². The number of hydrogen-bond donors (Lipinski definition) is 1. The van der Waals surface area contributed by atoms with E-state index in [1.54, 1.807) is 6.07 Å². The van der Waals surface area contributed by atoms with Gasteiger partial charge in [0.1, 0.15) is 17.5 Å². The minimum atomic E-state index is -0.251. The van der Waals surface area contributed by atoms with Gasteiger partial charge in [0.15, 0.2) is 0 Å². The Labute approximate surface area is 194 Å². The molecule has 8 heteroatoms. The highest BCUT2D eigenvalue weighted by molar-refractivity contribution is 5.75. The molecule has 1 aliphatic carbocycles. The first-order valence-corrected chi connectivity index (χ1v) is 12.2. The van der Waals surface area contributed by atoms with E-state index in [4.69, 9.17) is 14.7 Å². The molecule has 3 heterocycles. The van der Waals surface area contributed by atoms with Crippen LogP contribution in [0.5, 0.6) is 0 Å². The highest BCUT2D eigenvalue weighted by atomic mass is 19.1. The lowest BCUT2D eigenvalue weighted by Gasteiger charge is -2.35. The van der Waals surface area contributed by atoms with Crippen molar-refractivity contribution < 1.29 is 13.9 Å². The second-order valence-electron chi connectivity index (χ2n) is 9.25. The van der Waals surface area contributed by atoms with E-state index in [1.165, 1.54) is 31.4 Å². The van der Waals surface area contributed by atoms with E-state index in [-0.39, 0.29) is 17.9 Å². The number of hydrogen-bond acceptors (Lipinski definition) is 5. The first-order chi connectivity index (χ1) is 16.2. The Bertz CT molecular complexity index is 989. The Hall–Kier alpha value is -2.74. The number of urea groups is 1. The minimum absolute atomic E-state index is 0.0179. The quantitative estimate of drug-likeness (QED) is 0.768. The van der Waals surface area contributed by atoms with Gasteiger partial charge in [-0.05, 0) is 30.5 Å². The van der Waals surface area contributed by atoms with Crippen LogP contribution < -0.4 is 10.2 Å². The zero-order valence-electron chi connectivity index (χ0n) is 19.1. The number of ether oxygens (including phenoxy) is 1. The minimum Gasteiger partial charge on any atom is -0.378 e. The molecule has 176 valence electrons. The number of amides is 2. The summed E-state index contributed by atoms with van der Waals surface area (Å²) in [6.07, 6.45) is 6.97. The third-order valence-corrected chi connectivity index (χ3v) is 6.87. The molecule has 1 saturated heterocycles. The van der Waals surface area contributed by atoms with E-state index in [0.717, 1.165) is 48.6 Å². The number of carbonyl (C=O) groups excluding carboxylic acids is 1. The molecule has 33 heavy (non-hydrogen) atoms. The summed E-state index contributed by atoms with van der Waals surface area (Å²) in [4.78, 5) is 26.9. The number of benzene rings is 1. The van der Waals surface area contributed by atoms with Gasteiger partial charge in [0, 0.05) is 44.1 Å². The van der Waals surface area contributed by atoms with Crippen molar-refractivity contribution in [1.29, 1.82) is 0 Å². The van der Waals surface area contributed by atoms with Crippen LogP contribution in [-0.2, 0) is 24.1 Å². The molecule has 2 aliphatic heterocycles. The van der Waals surface area contributed by atoms with Crippen molar-refractivity contribution in [2.45, 2.75) is 57.5 Å². The summed E-state index contributed by atoms with van der Waals surface area (Å²) in [7, 11) is 0. The van der Waals surface area contributed by atoms with Gasteiger partial charge in [0.2, 0.25) is 0 Å². The average molecular weight is 454 g/mol. The molecule has 1 aromatic carbocycles. The number of rotatable bonds is 4. The van der Waals surface area contributed by atoms with E-state index < -0.39 is 0 Å². The highest BCUT2D eigenvalue weighted by Crippen LogP contribution is 2.28. The van der Waals surface area contributed by atoms with Crippen LogP contribution in [0.1, 0.15) is 54.7 Å². The molecule has 7 nitrogen and oxygen atoms in total. The number of carbonyl (C=O) groups is 1. The molecule has 0 spiro atoms. The molecule has 3 aliphatic rings. The van der Waals surface area contributed by atoms with Crippen LogP contribution >= 0.6 is 0 Å². The van der Waals surface area contributed by atoms with Crippen LogP contribution in [0.15, 0.2) is 24.3 Å². The van der Waals surface area contributed by atoms with Gasteiger partial charge >= 0.3 is 6.03 Å². The molecule has 1 aromatic heterocycles. The van der Waals surface area contributed by atoms with Gasteiger partial charge in [0.25, 0.3) is 0 Å². The molecular weight excluding hydrogens is 421 g/mol. The first-order valence-electron chi connectivity index (χ1n) is 12.2. The van der Waals surface area contributed by atoms with Crippen LogP contribution in [0, 0.1) is 5.82 Å². The van der Waals surface area contributed by atoms with Gasteiger partial charge < -0.3 is 19.9 Å². The molecular formula is C25H32FN5O2. The fourth-order valence-electron chi connectivity index (χ4n) is 5.08. The van der Waals surface area contributed by atoms with Crippen molar-refractivity contribution in [2.24, 2.45) is 0 Å². The molecule has 0 bridgehead atoms. The SMILES string of the molecule is O=C(NC1CCCCC1)N1CCc2nc(Cc3cccc(F)c3)nc(N3CCOCC3)c2C1. The summed E-state index contributed by atoms with van der Waals surface area (Å²) in [5.74, 6) is 1.34. The molecule has 2 fully saturated rings. The summed E-state index contributed by atoms with van der Waals surface area (Å²) >= 11 is 0. The Morgan fingerprint density at radius 1 is 1.12 bits per heavy atom. The van der Waals surface area contributed by atoms with Gasteiger partial charge in [-0.15, -0.1) is 0 Å². The van der Waals surface area contributed by atoms with Crippen LogP contribution in [0.4, 0.5) is 15.0 Å². The average Bonchev–Trinajstić information content (AvgIpc) is 2.84. The predicted molar refractivity (Wildman–Crippen MR) is 124 cm³/mol. The van der Waals surface area contributed by atoms with Gasteiger partial charge in [-0.3, -0.25) is 0 Å². The second-order valence-corrected chi connectivity index (χ2v) is 9.25. The second kappa shape index (κ2) is 10.0. The van der Waals surface area contributed by atoms with Gasteiger partial charge in [0.05, 0.1) is 25.5 Å². The number of halogens is 1. The zero-order chi connectivity index (χ0) is 22.6. The zero-order valence-corrected chi connectivity index (χ0v) is 19.1. The normalized spacial score (nSPS) is 19.3. The van der Waals surface area contributed by atoms with Crippen LogP contribution in [0.2, 0.25) is 0 Å². The molecule has 1 saturated carbocycles. The van der Waals surface area contributed by atoms with Crippen LogP contribution in [0.25, 0.3) is 0 Å².